The van der Waals surface area contributed by atoms with Crippen molar-refractivity contribution in [3.05, 3.63) is 28.3 Å². The smallest absolute Gasteiger partial charge is 0.410 e. The number of carbonyl (C=O) groups excluding carboxylic acids is 1. The van der Waals surface area contributed by atoms with E-state index in [0.717, 1.165) is 11.1 Å². The van der Waals surface area contributed by atoms with Crippen LogP contribution in [-0.2, 0) is 4.74 Å². The highest BCUT2D eigenvalue weighted by Crippen LogP contribution is 2.30. The minimum atomic E-state index is -0.510. The van der Waals surface area contributed by atoms with Crippen LogP contribution in [0.25, 0.3) is 10.2 Å². The molecule has 9 heteroatoms. The Kier molecular flexibility index (Phi) is 4.51. The van der Waals surface area contributed by atoms with Crippen LogP contribution in [0.3, 0.4) is 0 Å². The molecule has 25 heavy (non-hydrogen) atoms. The van der Waals surface area contributed by atoms with E-state index in [1.165, 1.54) is 23.5 Å². The number of benzene rings is 1. The van der Waals surface area contributed by atoms with Crippen molar-refractivity contribution < 1.29 is 14.5 Å². The standard InChI is InChI=1S/C16H20N4O4S/c1-16(2,3)24-15(21)19-7-6-10(9-19)17-14-18-12-8-11(20(22)23)4-5-13(12)25-14/h4-5,8,10H,6-7,9H2,1-3H3,(H,17,18). The average molecular weight is 364 g/mol. The number of hydrogen-bond donors (Lipinski definition) is 1. The number of carbonyl (C=O) groups is 1. The molecular weight excluding hydrogens is 344 g/mol. The van der Waals surface area contributed by atoms with Gasteiger partial charge in [-0.1, -0.05) is 11.3 Å². The first kappa shape index (κ1) is 17.4. The van der Waals surface area contributed by atoms with Gasteiger partial charge in [-0.3, -0.25) is 10.1 Å². The molecule has 0 bridgehead atoms. The summed E-state index contributed by atoms with van der Waals surface area (Å²) in [5.74, 6) is 0. The number of anilines is 1. The molecule has 1 aromatic carbocycles. The highest BCUT2D eigenvalue weighted by molar-refractivity contribution is 7.22. The van der Waals surface area contributed by atoms with Gasteiger partial charge in [0.25, 0.3) is 5.69 Å². The molecule has 3 rings (SSSR count). The van der Waals surface area contributed by atoms with Gasteiger partial charge >= 0.3 is 6.09 Å². The number of nitrogens with zero attached hydrogens (tertiary/aromatic N) is 3. The Labute approximate surface area is 148 Å². The summed E-state index contributed by atoms with van der Waals surface area (Å²) in [5, 5.41) is 14.9. The molecule has 1 aliphatic heterocycles. The van der Waals surface area contributed by atoms with Gasteiger partial charge < -0.3 is 15.0 Å². The third kappa shape index (κ3) is 4.16. The molecule has 134 valence electrons. The maximum atomic E-state index is 12.1. The number of hydrogen-bond acceptors (Lipinski definition) is 7. The second-order valence-corrected chi connectivity index (χ2v) is 8.02. The Morgan fingerprint density at radius 2 is 2.24 bits per heavy atom. The molecule has 1 unspecified atom stereocenters. The number of non-ortho nitro benzene ring substituents is 1. The van der Waals surface area contributed by atoms with Crippen LogP contribution in [0, 0.1) is 10.1 Å². The van der Waals surface area contributed by atoms with Gasteiger partial charge in [0.05, 0.1) is 15.1 Å². The number of nitrogens with one attached hydrogen (secondary N) is 1. The fourth-order valence-electron chi connectivity index (χ4n) is 2.64. The summed E-state index contributed by atoms with van der Waals surface area (Å²) in [6, 6.07) is 4.74. The van der Waals surface area contributed by atoms with Crippen molar-refractivity contribution >= 4 is 38.5 Å². The van der Waals surface area contributed by atoms with Gasteiger partial charge in [-0.2, -0.15) is 0 Å². The predicted octanol–water partition coefficient (Wildman–Crippen LogP) is 3.63. The average Bonchev–Trinajstić information content (AvgIpc) is 3.11. The minimum Gasteiger partial charge on any atom is -0.444 e. The normalized spacial score (nSPS) is 17.7. The molecule has 0 radical (unpaired) electrons. The van der Waals surface area contributed by atoms with Crippen LogP contribution in [0.2, 0.25) is 0 Å². The molecule has 1 aliphatic rings. The van der Waals surface area contributed by atoms with Crippen LogP contribution in [-0.4, -0.2) is 45.6 Å². The Morgan fingerprint density at radius 1 is 1.48 bits per heavy atom. The van der Waals surface area contributed by atoms with Crippen LogP contribution in [0.1, 0.15) is 27.2 Å². The molecule has 0 spiro atoms. The summed E-state index contributed by atoms with van der Waals surface area (Å²) >= 11 is 1.44. The number of aromatic nitrogens is 1. The molecule has 1 saturated heterocycles. The summed E-state index contributed by atoms with van der Waals surface area (Å²) in [4.78, 5) is 28.6. The Hall–Kier alpha value is -2.42. The summed E-state index contributed by atoms with van der Waals surface area (Å²) in [6.07, 6.45) is 0.492. The van der Waals surface area contributed by atoms with Crippen molar-refractivity contribution in [2.24, 2.45) is 0 Å². The zero-order valence-electron chi connectivity index (χ0n) is 14.3. The first-order chi connectivity index (χ1) is 11.7. The molecule has 0 saturated carbocycles. The summed E-state index contributed by atoms with van der Waals surface area (Å²) in [7, 11) is 0. The zero-order chi connectivity index (χ0) is 18.2. The molecule has 8 nitrogen and oxygen atoms in total. The number of likely N-dealkylation sites (tertiary alicyclic amines) is 1. The zero-order valence-corrected chi connectivity index (χ0v) is 15.1. The quantitative estimate of drug-likeness (QED) is 0.660. The van der Waals surface area contributed by atoms with Gasteiger partial charge in [-0.25, -0.2) is 9.78 Å². The highest BCUT2D eigenvalue weighted by atomic mass is 32.1. The molecule has 1 fully saturated rings. The molecule has 1 aromatic heterocycles. The Morgan fingerprint density at radius 3 is 2.92 bits per heavy atom. The molecule has 2 aromatic rings. The molecule has 0 aliphatic carbocycles. The van der Waals surface area contributed by atoms with Crippen molar-refractivity contribution in [3.8, 4) is 0 Å². The van der Waals surface area contributed by atoms with E-state index >= 15 is 0 Å². The van der Waals surface area contributed by atoms with E-state index in [-0.39, 0.29) is 17.8 Å². The van der Waals surface area contributed by atoms with E-state index in [4.69, 9.17) is 4.74 Å². The molecule has 2 heterocycles. The summed E-state index contributed by atoms with van der Waals surface area (Å²) in [5.41, 5.74) is 0.120. The van der Waals surface area contributed by atoms with E-state index in [0.29, 0.717) is 23.7 Å². The van der Waals surface area contributed by atoms with E-state index in [1.807, 2.05) is 20.8 Å². The third-order valence-electron chi connectivity index (χ3n) is 3.75. The van der Waals surface area contributed by atoms with Crippen LogP contribution in [0.15, 0.2) is 18.2 Å². The molecular formula is C16H20N4O4S. The van der Waals surface area contributed by atoms with Crippen LogP contribution >= 0.6 is 11.3 Å². The molecule has 1 amide bonds. The van der Waals surface area contributed by atoms with E-state index in [1.54, 1.807) is 11.0 Å². The maximum absolute atomic E-state index is 12.1. The first-order valence-electron chi connectivity index (χ1n) is 8.01. The van der Waals surface area contributed by atoms with E-state index in [9.17, 15) is 14.9 Å². The number of nitro groups is 1. The number of nitro benzene ring substituents is 1. The first-order valence-corrected chi connectivity index (χ1v) is 8.82. The van der Waals surface area contributed by atoms with Crippen LogP contribution in [0.4, 0.5) is 15.6 Å². The van der Waals surface area contributed by atoms with Gasteiger partial charge in [-0.05, 0) is 33.3 Å². The molecule has 1 atom stereocenters. The van der Waals surface area contributed by atoms with Crippen LogP contribution in [0.5, 0.6) is 0 Å². The lowest BCUT2D eigenvalue weighted by molar-refractivity contribution is -0.384. The minimum absolute atomic E-state index is 0.0290. The van der Waals surface area contributed by atoms with Gasteiger partial charge in [0.1, 0.15) is 5.60 Å². The number of rotatable bonds is 3. The summed E-state index contributed by atoms with van der Waals surface area (Å²) < 4.78 is 6.27. The van der Waals surface area contributed by atoms with Gasteiger partial charge in [0.2, 0.25) is 0 Å². The largest absolute Gasteiger partial charge is 0.444 e. The van der Waals surface area contributed by atoms with E-state index in [2.05, 4.69) is 10.3 Å². The topological polar surface area (TPSA) is 97.6 Å². The maximum Gasteiger partial charge on any atom is 0.410 e. The van der Waals surface area contributed by atoms with E-state index < -0.39 is 10.5 Å². The summed E-state index contributed by atoms with van der Waals surface area (Å²) in [6.45, 7) is 6.71. The fourth-order valence-corrected chi connectivity index (χ4v) is 3.56. The van der Waals surface area contributed by atoms with Crippen molar-refractivity contribution in [2.45, 2.75) is 38.8 Å². The Balaban J connectivity index is 1.64. The lowest BCUT2D eigenvalue weighted by atomic mass is 10.2. The Bertz CT molecular complexity index is 814. The lowest BCUT2D eigenvalue weighted by Gasteiger charge is -2.24. The highest BCUT2D eigenvalue weighted by Gasteiger charge is 2.30. The third-order valence-corrected chi connectivity index (χ3v) is 4.72. The monoisotopic (exact) mass is 364 g/mol. The number of thiazole rings is 1. The molecule has 1 N–H and O–H groups in total. The van der Waals surface area contributed by atoms with Gasteiger partial charge in [0.15, 0.2) is 5.13 Å². The number of amides is 1. The number of ether oxygens (including phenoxy) is 1. The van der Waals surface area contributed by atoms with Crippen molar-refractivity contribution in [3.63, 3.8) is 0 Å². The van der Waals surface area contributed by atoms with Crippen LogP contribution < -0.4 is 5.32 Å². The van der Waals surface area contributed by atoms with Crippen molar-refractivity contribution in [1.29, 1.82) is 0 Å². The van der Waals surface area contributed by atoms with Crippen molar-refractivity contribution in [1.82, 2.24) is 9.88 Å². The SMILES string of the molecule is CC(C)(C)OC(=O)N1CCC(Nc2nc3cc([N+](=O)[O-])ccc3s2)C1. The second-order valence-electron chi connectivity index (χ2n) is 6.98. The second kappa shape index (κ2) is 6.47. The van der Waals surface area contributed by atoms with Crippen molar-refractivity contribution in [2.75, 3.05) is 18.4 Å². The lowest BCUT2D eigenvalue weighted by Crippen LogP contribution is -2.36. The predicted molar refractivity (Wildman–Crippen MR) is 96.1 cm³/mol. The van der Waals surface area contributed by atoms with Gasteiger partial charge in [0, 0.05) is 31.3 Å². The number of fused-ring (bicyclic) bond motifs is 1. The van der Waals surface area contributed by atoms with Gasteiger partial charge in [-0.15, -0.1) is 0 Å². The fraction of sp³-hybridized carbons (Fsp3) is 0.500.